The molecule has 2 aromatic heterocycles. The summed E-state index contributed by atoms with van der Waals surface area (Å²) in [5.41, 5.74) is 8.39. The van der Waals surface area contributed by atoms with Crippen LogP contribution in [0.5, 0.6) is 5.75 Å². The minimum atomic E-state index is -0.713. The Morgan fingerprint density at radius 3 is 2.49 bits per heavy atom. The number of methoxy groups -OCH3 is 1. The van der Waals surface area contributed by atoms with E-state index in [1.165, 1.54) is 12.0 Å². The lowest BCUT2D eigenvalue weighted by Crippen LogP contribution is -2.33. The van der Waals surface area contributed by atoms with Crippen LogP contribution in [-0.4, -0.2) is 58.6 Å². The van der Waals surface area contributed by atoms with Crippen molar-refractivity contribution in [2.24, 2.45) is 17.8 Å². The fourth-order valence-electron chi connectivity index (χ4n) is 4.68. The number of carbonyl (C=O) groups is 3. The lowest BCUT2D eigenvalue weighted by Gasteiger charge is -2.21. The molecule has 2 aromatic carbocycles. The first-order valence-corrected chi connectivity index (χ1v) is 14.8. The molecule has 1 unspecified atom stereocenters. The molecule has 0 aliphatic carbocycles. The van der Waals surface area contributed by atoms with Crippen molar-refractivity contribution < 1.29 is 28.6 Å². The third kappa shape index (κ3) is 8.43. The number of fused-ring (bicyclic) bond motifs is 1. The number of imidazole rings is 1. The second-order valence-corrected chi connectivity index (χ2v) is 10.3. The smallest absolute Gasteiger partial charge is 0.435 e. The van der Waals surface area contributed by atoms with Crippen LogP contribution in [0, 0.1) is 0 Å². The van der Waals surface area contributed by atoms with Gasteiger partial charge in [-0.15, -0.1) is 0 Å². The fourth-order valence-corrected chi connectivity index (χ4v) is 4.68. The van der Waals surface area contributed by atoms with E-state index in [0.717, 1.165) is 24.8 Å². The molecule has 4 aromatic rings. The highest BCUT2D eigenvalue weighted by Gasteiger charge is 2.22. The molecule has 0 radical (unpaired) electrons. The molecule has 4 rings (SSSR count). The summed E-state index contributed by atoms with van der Waals surface area (Å²) in [6, 6.07) is 17.4. The van der Waals surface area contributed by atoms with Crippen LogP contribution in [0.3, 0.4) is 0 Å². The maximum absolute atomic E-state index is 13.6. The van der Waals surface area contributed by atoms with E-state index >= 15 is 0 Å². The van der Waals surface area contributed by atoms with E-state index in [1.54, 1.807) is 60.8 Å². The number of hydrogen-bond donors (Lipinski definition) is 1. The summed E-state index contributed by atoms with van der Waals surface area (Å²) in [5, 5.41) is 0. The van der Waals surface area contributed by atoms with Crippen molar-refractivity contribution in [2.45, 2.75) is 45.6 Å². The second-order valence-electron chi connectivity index (χ2n) is 10.3. The van der Waals surface area contributed by atoms with E-state index in [2.05, 4.69) is 16.9 Å². The van der Waals surface area contributed by atoms with Gasteiger partial charge in [0.15, 0.2) is 11.9 Å². The highest BCUT2D eigenvalue weighted by atomic mass is 16.5. The Morgan fingerprint density at radius 2 is 1.80 bits per heavy atom. The van der Waals surface area contributed by atoms with E-state index in [4.69, 9.17) is 24.9 Å². The van der Waals surface area contributed by atoms with Crippen LogP contribution >= 0.6 is 0 Å². The summed E-state index contributed by atoms with van der Waals surface area (Å²) in [7, 11) is 3.19. The number of amides is 2. The van der Waals surface area contributed by atoms with Gasteiger partial charge in [-0.3, -0.25) is 14.5 Å². The van der Waals surface area contributed by atoms with E-state index in [0.29, 0.717) is 40.6 Å². The molecule has 12 heteroatoms. The normalized spacial score (nSPS) is 12.0. The molecule has 0 bridgehead atoms. The predicted octanol–water partition coefficient (Wildman–Crippen LogP) is 5.35. The van der Waals surface area contributed by atoms with Gasteiger partial charge in [0.1, 0.15) is 17.4 Å². The maximum Gasteiger partial charge on any atom is 0.435 e. The molecule has 236 valence electrons. The summed E-state index contributed by atoms with van der Waals surface area (Å²) in [6.45, 7) is 4.37. The topological polar surface area (TPSA) is 151 Å². The molecular formula is C33H38N6O6. The number of carbonyl (C=O) groups excluding carboxylic acids is 3. The lowest BCUT2D eigenvalue weighted by molar-refractivity contribution is -0.140. The van der Waals surface area contributed by atoms with Crippen LogP contribution in [0.4, 0.5) is 10.6 Å². The van der Waals surface area contributed by atoms with Crippen molar-refractivity contribution in [1.82, 2.24) is 14.5 Å². The molecule has 2 amide bonds. The SMILES string of the molecule is CCCCCOC(=O)/N=C(/N)c1ccc(OC(C)c2nc3cc(C(=O)N(CCC(=O)OC)c4ccccn4)ccc3n2C)cc1. The van der Waals surface area contributed by atoms with Gasteiger partial charge in [0.25, 0.3) is 5.91 Å². The third-order valence-corrected chi connectivity index (χ3v) is 7.11. The summed E-state index contributed by atoms with van der Waals surface area (Å²) in [5.74, 6) is 0.966. The molecule has 12 nitrogen and oxygen atoms in total. The Morgan fingerprint density at radius 1 is 1.04 bits per heavy atom. The molecule has 2 heterocycles. The summed E-state index contributed by atoms with van der Waals surface area (Å²) in [4.78, 5) is 51.7. The van der Waals surface area contributed by atoms with Crippen molar-refractivity contribution >= 4 is 40.7 Å². The highest BCUT2D eigenvalue weighted by Crippen LogP contribution is 2.26. The molecular weight excluding hydrogens is 576 g/mol. The van der Waals surface area contributed by atoms with Crippen molar-refractivity contribution in [2.75, 3.05) is 25.2 Å². The maximum atomic E-state index is 13.6. The first kappa shape index (κ1) is 32.6. The molecule has 0 aliphatic rings. The van der Waals surface area contributed by atoms with Gasteiger partial charge in [0.05, 0.1) is 31.2 Å². The Labute approximate surface area is 261 Å². The molecule has 45 heavy (non-hydrogen) atoms. The van der Waals surface area contributed by atoms with Gasteiger partial charge in [-0.1, -0.05) is 25.8 Å². The average Bonchev–Trinajstić information content (AvgIpc) is 3.39. The van der Waals surface area contributed by atoms with Gasteiger partial charge in [0.2, 0.25) is 0 Å². The second kappa shape index (κ2) is 15.5. The Bertz CT molecular complexity index is 1650. The van der Waals surface area contributed by atoms with Gasteiger partial charge >= 0.3 is 12.1 Å². The number of hydrogen-bond acceptors (Lipinski definition) is 8. The molecule has 0 spiro atoms. The van der Waals surface area contributed by atoms with Crippen LogP contribution in [0.15, 0.2) is 71.9 Å². The van der Waals surface area contributed by atoms with Gasteiger partial charge in [-0.2, -0.15) is 4.99 Å². The number of aryl methyl sites for hydroxylation is 1. The Balaban J connectivity index is 1.47. The highest BCUT2D eigenvalue weighted by molar-refractivity contribution is 6.07. The summed E-state index contributed by atoms with van der Waals surface area (Å²) >= 11 is 0. The number of anilines is 1. The minimum absolute atomic E-state index is 0.0235. The van der Waals surface area contributed by atoms with Gasteiger partial charge in [0, 0.05) is 30.9 Å². The first-order chi connectivity index (χ1) is 21.7. The summed E-state index contributed by atoms with van der Waals surface area (Å²) < 4.78 is 17.9. The number of pyridine rings is 1. The van der Waals surface area contributed by atoms with Crippen LogP contribution in [-0.2, 0) is 21.3 Å². The number of amidine groups is 1. The van der Waals surface area contributed by atoms with Crippen LogP contribution in [0.25, 0.3) is 11.0 Å². The number of rotatable bonds is 13. The largest absolute Gasteiger partial charge is 0.483 e. The number of nitrogens with two attached hydrogens (primary N) is 1. The Hall–Kier alpha value is -5.26. The number of esters is 1. The number of unbranched alkanes of at least 4 members (excludes halogenated alkanes) is 2. The minimum Gasteiger partial charge on any atom is -0.483 e. The molecule has 0 saturated heterocycles. The van der Waals surface area contributed by atoms with Crippen molar-refractivity contribution in [3.05, 3.63) is 83.8 Å². The zero-order valence-electron chi connectivity index (χ0n) is 25.9. The summed E-state index contributed by atoms with van der Waals surface area (Å²) in [6.07, 6.45) is 3.25. The lowest BCUT2D eigenvalue weighted by atomic mass is 10.1. The number of benzene rings is 2. The molecule has 1 atom stereocenters. The Kier molecular flexibility index (Phi) is 11.2. The van der Waals surface area contributed by atoms with Crippen LogP contribution in [0.2, 0.25) is 0 Å². The zero-order valence-corrected chi connectivity index (χ0v) is 25.9. The zero-order chi connectivity index (χ0) is 32.3. The van der Waals surface area contributed by atoms with Crippen LogP contribution < -0.4 is 15.4 Å². The fraction of sp³-hybridized carbons (Fsp3) is 0.333. The van der Waals surface area contributed by atoms with Crippen molar-refractivity contribution in [3.63, 3.8) is 0 Å². The third-order valence-electron chi connectivity index (χ3n) is 7.11. The van der Waals surface area contributed by atoms with Crippen LogP contribution in [0.1, 0.15) is 67.4 Å². The molecule has 0 saturated carbocycles. The predicted molar refractivity (Wildman–Crippen MR) is 170 cm³/mol. The number of ether oxygens (including phenoxy) is 3. The molecule has 0 aliphatic heterocycles. The number of aromatic nitrogens is 3. The average molecular weight is 615 g/mol. The first-order valence-electron chi connectivity index (χ1n) is 14.8. The number of nitrogens with zero attached hydrogens (tertiary/aromatic N) is 5. The number of aliphatic imine (C=N–C) groups is 1. The molecule has 2 N–H and O–H groups in total. The molecule has 0 fully saturated rings. The van der Waals surface area contributed by atoms with Gasteiger partial charge in [-0.05, 0) is 67.9 Å². The van der Waals surface area contributed by atoms with E-state index in [9.17, 15) is 14.4 Å². The van der Waals surface area contributed by atoms with E-state index in [-0.39, 0.29) is 24.7 Å². The van der Waals surface area contributed by atoms with Crippen molar-refractivity contribution in [3.8, 4) is 5.75 Å². The van der Waals surface area contributed by atoms with E-state index in [1.807, 2.05) is 24.6 Å². The standard InChI is InChI=1S/C33H38N6O6/c1-5-6-9-20-44-33(42)37-30(34)23-11-14-25(15-12-23)45-22(2)31-36-26-21-24(13-16-27(26)38(31)3)32(41)39(19-17-29(40)43-4)28-10-7-8-18-35-28/h7-8,10-16,18,21-22H,5-6,9,17,19-20H2,1-4H3,(H2,34,37,42). The van der Waals surface area contributed by atoms with Crippen molar-refractivity contribution in [1.29, 1.82) is 0 Å². The van der Waals surface area contributed by atoms with Gasteiger partial charge < -0.3 is 24.5 Å². The van der Waals surface area contributed by atoms with E-state index < -0.39 is 18.2 Å². The monoisotopic (exact) mass is 614 g/mol. The quantitative estimate of drug-likeness (QED) is 0.0909. The van der Waals surface area contributed by atoms with Gasteiger partial charge in [-0.25, -0.2) is 14.8 Å².